The van der Waals surface area contributed by atoms with Crippen LogP contribution < -0.4 is 5.73 Å². The molecule has 1 aliphatic heterocycles. The summed E-state index contributed by atoms with van der Waals surface area (Å²) in [7, 11) is 2.20. The average Bonchev–Trinajstić information content (AvgIpc) is 2.79. The lowest BCUT2D eigenvalue weighted by Gasteiger charge is -2.28. The van der Waals surface area contributed by atoms with Gasteiger partial charge in [0.25, 0.3) is 0 Å². The molecule has 1 aliphatic carbocycles. The second kappa shape index (κ2) is 5.67. The Morgan fingerprint density at radius 1 is 1.25 bits per heavy atom. The number of rotatable bonds is 3. The van der Waals surface area contributed by atoms with Crippen LogP contribution >= 0.6 is 0 Å². The molecule has 3 nitrogen and oxygen atoms in total. The predicted octanol–water partition coefficient (Wildman–Crippen LogP) is 1.88. The van der Waals surface area contributed by atoms with Crippen molar-refractivity contribution in [3.8, 4) is 0 Å². The standard InChI is InChI=1S/C13H25N3/c1-16-8-4-5-11(10-16)9-15-13(14)12-6-2-3-7-12/h11-12H,2-10H2,1H3,(H2,14,15). The summed E-state index contributed by atoms with van der Waals surface area (Å²) in [6.07, 6.45) is 7.85. The van der Waals surface area contributed by atoms with Gasteiger partial charge in [-0.25, -0.2) is 0 Å². The molecule has 2 rings (SSSR count). The summed E-state index contributed by atoms with van der Waals surface area (Å²) in [5.74, 6) is 2.27. The summed E-state index contributed by atoms with van der Waals surface area (Å²) in [5, 5.41) is 0. The quantitative estimate of drug-likeness (QED) is 0.586. The molecule has 0 aromatic heterocycles. The van der Waals surface area contributed by atoms with Crippen molar-refractivity contribution in [2.24, 2.45) is 22.6 Å². The first kappa shape index (κ1) is 11.9. The highest BCUT2D eigenvalue weighted by Crippen LogP contribution is 2.25. The van der Waals surface area contributed by atoms with E-state index in [0.717, 1.165) is 18.3 Å². The molecule has 1 saturated heterocycles. The van der Waals surface area contributed by atoms with E-state index in [1.165, 1.54) is 51.6 Å². The van der Waals surface area contributed by atoms with Gasteiger partial charge in [-0.15, -0.1) is 0 Å². The Balaban J connectivity index is 1.78. The first-order valence-electron chi connectivity index (χ1n) is 6.74. The minimum atomic E-state index is 0.598. The number of piperidine rings is 1. The molecule has 0 radical (unpaired) electrons. The Kier molecular flexibility index (Phi) is 4.22. The fraction of sp³-hybridized carbons (Fsp3) is 0.923. The minimum Gasteiger partial charge on any atom is -0.387 e. The second-order valence-corrected chi connectivity index (χ2v) is 5.52. The minimum absolute atomic E-state index is 0.598. The molecule has 1 saturated carbocycles. The lowest BCUT2D eigenvalue weighted by atomic mass is 9.98. The van der Waals surface area contributed by atoms with E-state index >= 15 is 0 Å². The molecule has 16 heavy (non-hydrogen) atoms. The maximum atomic E-state index is 6.07. The molecule has 2 N–H and O–H groups in total. The van der Waals surface area contributed by atoms with Crippen LogP contribution in [0.5, 0.6) is 0 Å². The zero-order valence-corrected chi connectivity index (χ0v) is 10.5. The van der Waals surface area contributed by atoms with Gasteiger partial charge in [-0.1, -0.05) is 12.8 Å². The van der Waals surface area contributed by atoms with Gasteiger partial charge in [0, 0.05) is 19.0 Å². The number of hydrogen-bond donors (Lipinski definition) is 1. The van der Waals surface area contributed by atoms with Gasteiger partial charge in [-0.3, -0.25) is 4.99 Å². The van der Waals surface area contributed by atoms with Crippen LogP contribution in [0.2, 0.25) is 0 Å². The Bertz CT molecular complexity index is 244. The Labute approximate surface area is 99.1 Å². The number of nitrogens with two attached hydrogens (primary N) is 1. The first-order valence-corrected chi connectivity index (χ1v) is 6.74. The van der Waals surface area contributed by atoms with Crippen LogP contribution in [0.3, 0.4) is 0 Å². The largest absolute Gasteiger partial charge is 0.387 e. The van der Waals surface area contributed by atoms with Gasteiger partial charge in [0.2, 0.25) is 0 Å². The van der Waals surface area contributed by atoms with Gasteiger partial charge in [0.15, 0.2) is 0 Å². The molecular formula is C13H25N3. The van der Waals surface area contributed by atoms with Crippen LogP contribution in [0.4, 0.5) is 0 Å². The van der Waals surface area contributed by atoms with Crippen molar-refractivity contribution in [3.05, 3.63) is 0 Å². The van der Waals surface area contributed by atoms with Gasteiger partial charge in [0.1, 0.15) is 0 Å². The van der Waals surface area contributed by atoms with E-state index in [1.54, 1.807) is 0 Å². The molecule has 2 fully saturated rings. The van der Waals surface area contributed by atoms with Gasteiger partial charge in [-0.2, -0.15) is 0 Å². The molecule has 92 valence electrons. The van der Waals surface area contributed by atoms with Crippen LogP contribution in [-0.2, 0) is 0 Å². The summed E-state index contributed by atoms with van der Waals surface area (Å²) in [5.41, 5.74) is 6.07. The fourth-order valence-corrected chi connectivity index (χ4v) is 3.01. The van der Waals surface area contributed by atoms with E-state index in [1.807, 2.05) is 0 Å². The molecule has 0 amide bonds. The number of aliphatic imine (C=N–C) groups is 1. The lowest BCUT2D eigenvalue weighted by molar-refractivity contribution is 0.214. The molecule has 0 bridgehead atoms. The van der Waals surface area contributed by atoms with Gasteiger partial charge >= 0.3 is 0 Å². The summed E-state index contributed by atoms with van der Waals surface area (Å²) in [6, 6.07) is 0. The topological polar surface area (TPSA) is 41.6 Å². The van der Waals surface area contributed by atoms with E-state index in [2.05, 4.69) is 16.9 Å². The van der Waals surface area contributed by atoms with E-state index in [-0.39, 0.29) is 0 Å². The highest BCUT2D eigenvalue weighted by molar-refractivity contribution is 5.83. The maximum Gasteiger partial charge on any atom is 0.0968 e. The van der Waals surface area contributed by atoms with Crippen LogP contribution in [0.15, 0.2) is 4.99 Å². The van der Waals surface area contributed by atoms with E-state index < -0.39 is 0 Å². The van der Waals surface area contributed by atoms with Crippen molar-refractivity contribution in [2.75, 3.05) is 26.7 Å². The monoisotopic (exact) mass is 223 g/mol. The Morgan fingerprint density at radius 3 is 2.69 bits per heavy atom. The van der Waals surface area contributed by atoms with Crippen molar-refractivity contribution in [3.63, 3.8) is 0 Å². The second-order valence-electron chi connectivity index (χ2n) is 5.52. The Hall–Kier alpha value is -0.570. The molecule has 0 spiro atoms. The maximum absolute atomic E-state index is 6.07. The van der Waals surface area contributed by atoms with Crippen molar-refractivity contribution in [1.29, 1.82) is 0 Å². The molecule has 1 unspecified atom stereocenters. The summed E-state index contributed by atoms with van der Waals surface area (Å²) >= 11 is 0. The van der Waals surface area contributed by atoms with Gasteiger partial charge in [0.05, 0.1) is 5.84 Å². The van der Waals surface area contributed by atoms with Crippen LogP contribution in [0.1, 0.15) is 38.5 Å². The van der Waals surface area contributed by atoms with Crippen LogP contribution in [0, 0.1) is 11.8 Å². The molecular weight excluding hydrogens is 198 g/mol. The van der Waals surface area contributed by atoms with Crippen molar-refractivity contribution >= 4 is 5.84 Å². The predicted molar refractivity (Wildman–Crippen MR) is 68.7 cm³/mol. The van der Waals surface area contributed by atoms with Crippen molar-refractivity contribution in [1.82, 2.24) is 4.90 Å². The molecule has 0 aromatic carbocycles. The number of amidine groups is 1. The Morgan fingerprint density at radius 2 is 2.00 bits per heavy atom. The zero-order chi connectivity index (χ0) is 11.4. The SMILES string of the molecule is CN1CCCC(CN=C(N)C2CCCC2)C1. The van der Waals surface area contributed by atoms with Crippen LogP contribution in [-0.4, -0.2) is 37.4 Å². The third-order valence-electron chi connectivity index (χ3n) is 4.03. The number of nitrogens with zero attached hydrogens (tertiary/aromatic N) is 2. The normalized spacial score (nSPS) is 29.8. The van der Waals surface area contributed by atoms with E-state index in [4.69, 9.17) is 5.73 Å². The summed E-state index contributed by atoms with van der Waals surface area (Å²) in [4.78, 5) is 7.04. The summed E-state index contributed by atoms with van der Waals surface area (Å²) in [6.45, 7) is 3.40. The number of likely N-dealkylation sites (tertiary alicyclic amines) is 1. The van der Waals surface area contributed by atoms with Crippen LogP contribution in [0.25, 0.3) is 0 Å². The third kappa shape index (κ3) is 3.21. The van der Waals surface area contributed by atoms with Crippen molar-refractivity contribution in [2.45, 2.75) is 38.5 Å². The molecule has 2 aliphatic rings. The average molecular weight is 223 g/mol. The van der Waals surface area contributed by atoms with Gasteiger partial charge < -0.3 is 10.6 Å². The third-order valence-corrected chi connectivity index (χ3v) is 4.03. The van der Waals surface area contributed by atoms with Gasteiger partial charge in [-0.05, 0) is 45.2 Å². The molecule has 1 atom stereocenters. The molecule has 0 aromatic rings. The highest BCUT2D eigenvalue weighted by atomic mass is 15.1. The van der Waals surface area contributed by atoms with E-state index in [9.17, 15) is 0 Å². The zero-order valence-electron chi connectivity index (χ0n) is 10.5. The smallest absolute Gasteiger partial charge is 0.0968 e. The highest BCUT2D eigenvalue weighted by Gasteiger charge is 2.20. The molecule has 3 heteroatoms. The van der Waals surface area contributed by atoms with Crippen molar-refractivity contribution < 1.29 is 0 Å². The number of hydrogen-bond acceptors (Lipinski definition) is 2. The fourth-order valence-electron chi connectivity index (χ4n) is 3.01. The van der Waals surface area contributed by atoms with E-state index in [0.29, 0.717) is 5.92 Å². The first-order chi connectivity index (χ1) is 7.75. The molecule has 1 heterocycles. The summed E-state index contributed by atoms with van der Waals surface area (Å²) < 4.78 is 0. The lowest BCUT2D eigenvalue weighted by Crippen LogP contribution is -2.34.